The third-order valence-electron chi connectivity index (χ3n) is 2.75. The van der Waals surface area contributed by atoms with Gasteiger partial charge in [0.15, 0.2) is 0 Å². The van der Waals surface area contributed by atoms with E-state index in [1.54, 1.807) is 19.3 Å². The molecule has 1 aliphatic heterocycles. The number of aromatic nitrogens is 2. The Bertz CT molecular complexity index is 308. The molecule has 14 heavy (non-hydrogen) atoms. The third-order valence-corrected chi connectivity index (χ3v) is 2.75. The number of ether oxygens (including phenoxy) is 1. The number of aromatic amines is 1. The van der Waals surface area contributed by atoms with E-state index in [0.717, 1.165) is 18.9 Å². The largest absolute Gasteiger partial charge is 0.381 e. The van der Waals surface area contributed by atoms with Crippen LogP contribution in [0.25, 0.3) is 0 Å². The molecule has 0 aromatic carbocycles. The molecule has 2 rings (SSSR count). The van der Waals surface area contributed by atoms with Gasteiger partial charge < -0.3 is 9.72 Å². The zero-order valence-electron chi connectivity index (χ0n) is 8.19. The van der Waals surface area contributed by atoms with E-state index in [1.807, 2.05) is 0 Å². The monoisotopic (exact) mass is 194 g/mol. The minimum absolute atomic E-state index is 0.0325. The Hall–Kier alpha value is -1.16. The molecule has 1 saturated heterocycles. The average molecular weight is 194 g/mol. The Balaban J connectivity index is 2.18. The van der Waals surface area contributed by atoms with Crippen LogP contribution < -0.4 is 0 Å². The van der Waals surface area contributed by atoms with Crippen LogP contribution >= 0.6 is 0 Å². The molecule has 1 aliphatic rings. The van der Waals surface area contributed by atoms with Gasteiger partial charge in [-0.15, -0.1) is 0 Å². The Kier molecular flexibility index (Phi) is 2.63. The number of nitrogens with one attached hydrogen (secondary N) is 1. The summed E-state index contributed by atoms with van der Waals surface area (Å²) in [5.74, 6) is 1.27. The fraction of sp³-hybridized carbons (Fsp3) is 0.600. The summed E-state index contributed by atoms with van der Waals surface area (Å²) in [5.41, 5.74) is 0. The molecule has 1 aromatic rings. The smallest absolute Gasteiger partial charge is 0.135 e. The number of nitrogens with zero attached hydrogens (tertiary/aromatic N) is 1. The van der Waals surface area contributed by atoms with E-state index in [-0.39, 0.29) is 17.6 Å². The van der Waals surface area contributed by atoms with Crippen molar-refractivity contribution in [2.45, 2.75) is 19.3 Å². The second-order valence-electron chi connectivity index (χ2n) is 3.66. The van der Waals surface area contributed by atoms with Gasteiger partial charge in [0.25, 0.3) is 0 Å². The summed E-state index contributed by atoms with van der Waals surface area (Å²) in [6.45, 7) is 2.87. The number of rotatable bonds is 2. The van der Waals surface area contributed by atoms with Gasteiger partial charge in [0.2, 0.25) is 0 Å². The van der Waals surface area contributed by atoms with E-state index in [4.69, 9.17) is 4.74 Å². The van der Waals surface area contributed by atoms with Crippen LogP contribution in [0, 0.1) is 5.92 Å². The minimum Gasteiger partial charge on any atom is -0.381 e. The van der Waals surface area contributed by atoms with Gasteiger partial charge in [-0.25, -0.2) is 4.98 Å². The average Bonchev–Trinajstić information content (AvgIpc) is 2.70. The second-order valence-corrected chi connectivity index (χ2v) is 3.66. The molecule has 0 bridgehead atoms. The van der Waals surface area contributed by atoms with Crippen LogP contribution in [-0.4, -0.2) is 29.0 Å². The number of ketones is 1. The predicted octanol–water partition coefficient (Wildman–Crippen LogP) is 1.12. The van der Waals surface area contributed by atoms with Crippen molar-refractivity contribution in [3.8, 4) is 0 Å². The van der Waals surface area contributed by atoms with Gasteiger partial charge in [-0.1, -0.05) is 0 Å². The lowest BCUT2D eigenvalue weighted by molar-refractivity contribution is -0.125. The molecule has 0 amide bonds. The van der Waals surface area contributed by atoms with E-state index in [2.05, 4.69) is 9.97 Å². The molecule has 2 heterocycles. The highest BCUT2D eigenvalue weighted by atomic mass is 16.5. The predicted molar refractivity (Wildman–Crippen MR) is 50.9 cm³/mol. The maximum absolute atomic E-state index is 11.4. The summed E-state index contributed by atoms with van der Waals surface area (Å²) in [4.78, 5) is 18.7. The molecule has 0 radical (unpaired) electrons. The number of carbonyl (C=O) groups is 1. The molecule has 2 unspecified atom stereocenters. The van der Waals surface area contributed by atoms with E-state index < -0.39 is 0 Å². The molecule has 0 aliphatic carbocycles. The van der Waals surface area contributed by atoms with Gasteiger partial charge in [-0.05, 0) is 13.3 Å². The first-order chi connectivity index (χ1) is 6.79. The first-order valence-corrected chi connectivity index (χ1v) is 4.86. The summed E-state index contributed by atoms with van der Waals surface area (Å²) in [5, 5.41) is 0. The molecular weight excluding hydrogens is 180 g/mol. The second kappa shape index (κ2) is 3.92. The van der Waals surface area contributed by atoms with E-state index in [0.29, 0.717) is 6.61 Å². The van der Waals surface area contributed by atoms with E-state index >= 15 is 0 Å². The lowest BCUT2D eigenvalue weighted by Crippen LogP contribution is -2.31. The quantitative estimate of drug-likeness (QED) is 0.767. The van der Waals surface area contributed by atoms with Crippen LogP contribution in [-0.2, 0) is 9.53 Å². The highest BCUT2D eigenvalue weighted by Gasteiger charge is 2.31. The molecule has 0 spiro atoms. The van der Waals surface area contributed by atoms with Gasteiger partial charge in [0.1, 0.15) is 11.6 Å². The van der Waals surface area contributed by atoms with Crippen molar-refractivity contribution in [2.24, 2.45) is 5.92 Å². The van der Waals surface area contributed by atoms with Gasteiger partial charge in [0.05, 0.1) is 12.5 Å². The molecule has 1 fully saturated rings. The first kappa shape index (κ1) is 9.40. The van der Waals surface area contributed by atoms with Gasteiger partial charge >= 0.3 is 0 Å². The van der Waals surface area contributed by atoms with Crippen LogP contribution in [0.15, 0.2) is 12.4 Å². The molecule has 1 N–H and O–H groups in total. The summed E-state index contributed by atoms with van der Waals surface area (Å²) >= 11 is 0. The van der Waals surface area contributed by atoms with Gasteiger partial charge in [-0.3, -0.25) is 4.79 Å². The van der Waals surface area contributed by atoms with Crippen molar-refractivity contribution in [1.82, 2.24) is 9.97 Å². The SMILES string of the molecule is CC(=O)C1COCCC1c1ncc[nH]1. The van der Waals surface area contributed by atoms with Gasteiger partial charge in [0, 0.05) is 24.9 Å². The maximum atomic E-state index is 11.4. The van der Waals surface area contributed by atoms with Crippen molar-refractivity contribution in [1.29, 1.82) is 0 Å². The maximum Gasteiger partial charge on any atom is 0.135 e. The van der Waals surface area contributed by atoms with Crippen LogP contribution in [0.5, 0.6) is 0 Å². The third kappa shape index (κ3) is 1.70. The standard InChI is InChI=1S/C10H14N2O2/c1-7(13)9-6-14-5-2-8(9)10-11-3-4-12-10/h3-4,8-9H,2,5-6H2,1H3,(H,11,12). The summed E-state index contributed by atoms with van der Waals surface area (Å²) in [6.07, 6.45) is 4.39. The lowest BCUT2D eigenvalue weighted by atomic mass is 9.85. The highest BCUT2D eigenvalue weighted by molar-refractivity contribution is 5.79. The lowest BCUT2D eigenvalue weighted by Gasteiger charge is -2.28. The van der Waals surface area contributed by atoms with E-state index in [9.17, 15) is 4.79 Å². The summed E-state index contributed by atoms with van der Waals surface area (Å²) in [6, 6.07) is 0. The topological polar surface area (TPSA) is 55.0 Å². The fourth-order valence-corrected chi connectivity index (χ4v) is 1.95. The number of carbonyl (C=O) groups excluding carboxylic acids is 1. The number of hydrogen-bond acceptors (Lipinski definition) is 3. The van der Waals surface area contributed by atoms with Crippen LogP contribution in [0.2, 0.25) is 0 Å². The molecular formula is C10H14N2O2. The van der Waals surface area contributed by atoms with E-state index in [1.165, 1.54) is 0 Å². The number of Topliss-reactive ketones (excluding diaryl/α,β-unsaturated/α-hetero) is 1. The van der Waals surface area contributed by atoms with Crippen LogP contribution in [0.1, 0.15) is 25.1 Å². The first-order valence-electron chi connectivity index (χ1n) is 4.86. The van der Waals surface area contributed by atoms with Crippen molar-refractivity contribution in [3.05, 3.63) is 18.2 Å². The Morgan fingerprint density at radius 3 is 3.21 bits per heavy atom. The molecule has 76 valence electrons. The fourth-order valence-electron chi connectivity index (χ4n) is 1.95. The molecule has 4 heteroatoms. The normalized spacial score (nSPS) is 27.5. The highest BCUT2D eigenvalue weighted by Crippen LogP contribution is 2.30. The van der Waals surface area contributed by atoms with Crippen molar-refractivity contribution < 1.29 is 9.53 Å². The van der Waals surface area contributed by atoms with Gasteiger partial charge in [-0.2, -0.15) is 0 Å². The molecule has 1 aromatic heterocycles. The number of H-pyrrole nitrogens is 1. The summed E-state index contributed by atoms with van der Waals surface area (Å²) in [7, 11) is 0. The number of imidazole rings is 1. The van der Waals surface area contributed by atoms with Crippen molar-refractivity contribution >= 4 is 5.78 Å². The molecule has 4 nitrogen and oxygen atoms in total. The minimum atomic E-state index is -0.0325. The zero-order chi connectivity index (χ0) is 9.97. The number of hydrogen-bond donors (Lipinski definition) is 1. The Morgan fingerprint density at radius 1 is 1.71 bits per heavy atom. The Labute approximate surface area is 82.7 Å². The molecule has 2 atom stereocenters. The van der Waals surface area contributed by atoms with Crippen molar-refractivity contribution in [2.75, 3.05) is 13.2 Å². The zero-order valence-corrected chi connectivity index (χ0v) is 8.19. The molecule has 0 saturated carbocycles. The summed E-state index contributed by atoms with van der Waals surface area (Å²) < 4.78 is 5.31. The van der Waals surface area contributed by atoms with Crippen molar-refractivity contribution in [3.63, 3.8) is 0 Å². The van der Waals surface area contributed by atoms with Crippen LogP contribution in [0.4, 0.5) is 0 Å². The Morgan fingerprint density at radius 2 is 2.57 bits per heavy atom. The van der Waals surface area contributed by atoms with Crippen LogP contribution in [0.3, 0.4) is 0 Å².